The van der Waals surface area contributed by atoms with Gasteiger partial charge in [0.15, 0.2) is 0 Å². The molecule has 0 fully saturated rings. The van der Waals surface area contributed by atoms with E-state index in [0.29, 0.717) is 18.2 Å². The summed E-state index contributed by atoms with van der Waals surface area (Å²) >= 11 is 0. The molecular formula is C13H22N4O2. The Morgan fingerprint density at radius 2 is 2.21 bits per heavy atom. The van der Waals surface area contributed by atoms with Crippen LogP contribution in [-0.2, 0) is 9.53 Å². The normalized spacial score (nSPS) is 13.5. The van der Waals surface area contributed by atoms with Crippen LogP contribution in [0.1, 0.15) is 26.7 Å². The van der Waals surface area contributed by atoms with Gasteiger partial charge in [0, 0.05) is 20.3 Å². The Kier molecular flexibility index (Phi) is 5.09. The van der Waals surface area contributed by atoms with Crippen LogP contribution in [0.2, 0.25) is 0 Å². The first-order chi connectivity index (χ1) is 8.92. The summed E-state index contributed by atoms with van der Waals surface area (Å²) in [4.78, 5) is 22.2. The average Bonchev–Trinajstić information content (AvgIpc) is 2.38. The molecule has 1 aromatic rings. The molecule has 0 bridgehead atoms. The molecule has 0 amide bonds. The van der Waals surface area contributed by atoms with Gasteiger partial charge in [-0.1, -0.05) is 13.3 Å². The number of ether oxygens (including phenoxy) is 1. The van der Waals surface area contributed by atoms with E-state index in [9.17, 15) is 4.79 Å². The van der Waals surface area contributed by atoms with Crippen molar-refractivity contribution in [1.82, 2.24) is 9.97 Å². The van der Waals surface area contributed by atoms with Crippen LogP contribution in [0.3, 0.4) is 0 Å². The van der Waals surface area contributed by atoms with E-state index < -0.39 is 5.54 Å². The molecule has 0 saturated heterocycles. The van der Waals surface area contributed by atoms with Gasteiger partial charge in [0.2, 0.25) is 5.95 Å². The van der Waals surface area contributed by atoms with Gasteiger partial charge in [0.25, 0.3) is 0 Å². The second kappa shape index (κ2) is 6.36. The van der Waals surface area contributed by atoms with Gasteiger partial charge in [0.05, 0.1) is 7.11 Å². The summed E-state index contributed by atoms with van der Waals surface area (Å²) in [5.41, 5.74) is -0.776. The number of aromatic nitrogens is 2. The minimum atomic E-state index is -0.776. The molecule has 0 spiro atoms. The van der Waals surface area contributed by atoms with Gasteiger partial charge in [-0.3, -0.25) is 0 Å². The zero-order valence-electron chi connectivity index (χ0n) is 12.2. The number of esters is 1. The summed E-state index contributed by atoms with van der Waals surface area (Å²) in [7, 11) is 5.12. The minimum Gasteiger partial charge on any atom is -0.467 e. The summed E-state index contributed by atoms with van der Waals surface area (Å²) in [6.45, 7) is 3.84. The second-order valence-electron chi connectivity index (χ2n) is 4.83. The van der Waals surface area contributed by atoms with Gasteiger partial charge in [0.1, 0.15) is 11.4 Å². The third-order valence-electron chi connectivity index (χ3n) is 2.83. The molecule has 0 radical (unpaired) electrons. The number of carbonyl (C=O) groups excluding carboxylic acids is 1. The van der Waals surface area contributed by atoms with Crippen molar-refractivity contribution in [2.75, 3.05) is 31.4 Å². The van der Waals surface area contributed by atoms with Crippen molar-refractivity contribution in [1.29, 1.82) is 0 Å². The van der Waals surface area contributed by atoms with E-state index in [0.717, 1.165) is 6.42 Å². The van der Waals surface area contributed by atoms with Crippen LogP contribution >= 0.6 is 0 Å². The van der Waals surface area contributed by atoms with Crippen LogP contribution in [0.25, 0.3) is 0 Å². The summed E-state index contributed by atoms with van der Waals surface area (Å²) in [6, 6.07) is 1.74. The highest BCUT2D eigenvalue weighted by atomic mass is 16.5. The lowest BCUT2D eigenvalue weighted by atomic mass is 9.96. The molecule has 0 saturated carbocycles. The van der Waals surface area contributed by atoms with E-state index in [1.165, 1.54) is 7.11 Å². The molecule has 6 nitrogen and oxygen atoms in total. The predicted molar refractivity (Wildman–Crippen MR) is 75.3 cm³/mol. The number of nitrogens with zero attached hydrogens (tertiary/aromatic N) is 3. The largest absolute Gasteiger partial charge is 0.467 e. The van der Waals surface area contributed by atoms with E-state index in [2.05, 4.69) is 15.3 Å². The summed E-state index contributed by atoms with van der Waals surface area (Å²) in [5.74, 6) is 0.910. The fourth-order valence-corrected chi connectivity index (χ4v) is 1.86. The number of anilines is 2. The van der Waals surface area contributed by atoms with Crippen LogP contribution in [0.4, 0.5) is 11.8 Å². The fourth-order valence-electron chi connectivity index (χ4n) is 1.86. The quantitative estimate of drug-likeness (QED) is 0.790. The topological polar surface area (TPSA) is 67.4 Å². The number of methoxy groups -OCH3 is 1. The molecular weight excluding hydrogens is 244 g/mol. The van der Waals surface area contributed by atoms with Crippen LogP contribution in [0, 0.1) is 0 Å². The first-order valence-corrected chi connectivity index (χ1v) is 6.30. The smallest absolute Gasteiger partial charge is 0.331 e. The molecule has 106 valence electrons. The van der Waals surface area contributed by atoms with E-state index in [4.69, 9.17) is 4.74 Å². The zero-order chi connectivity index (χ0) is 14.5. The summed E-state index contributed by atoms with van der Waals surface area (Å²) < 4.78 is 4.86. The van der Waals surface area contributed by atoms with Crippen molar-refractivity contribution in [3.05, 3.63) is 12.3 Å². The molecule has 0 aromatic carbocycles. The summed E-state index contributed by atoms with van der Waals surface area (Å²) in [6.07, 6.45) is 3.19. The molecule has 6 heteroatoms. The number of rotatable bonds is 6. The van der Waals surface area contributed by atoms with Crippen molar-refractivity contribution in [3.8, 4) is 0 Å². The molecule has 0 aliphatic heterocycles. The molecule has 0 aliphatic rings. The number of hydrogen-bond acceptors (Lipinski definition) is 6. The van der Waals surface area contributed by atoms with Gasteiger partial charge in [-0.25, -0.2) is 9.78 Å². The van der Waals surface area contributed by atoms with E-state index in [1.54, 1.807) is 17.2 Å². The van der Waals surface area contributed by atoms with Crippen LogP contribution in [-0.4, -0.2) is 42.7 Å². The lowest BCUT2D eigenvalue weighted by Crippen LogP contribution is -2.44. The van der Waals surface area contributed by atoms with Crippen LogP contribution < -0.4 is 10.2 Å². The highest BCUT2D eigenvalue weighted by molar-refractivity contribution is 5.83. The number of nitrogens with one attached hydrogen (secondary N) is 1. The first-order valence-electron chi connectivity index (χ1n) is 6.30. The Bertz CT molecular complexity index is 436. The Hall–Kier alpha value is -1.85. The van der Waals surface area contributed by atoms with Gasteiger partial charge < -0.3 is 15.0 Å². The first kappa shape index (κ1) is 15.2. The van der Waals surface area contributed by atoms with Crippen LogP contribution in [0.15, 0.2) is 12.3 Å². The highest BCUT2D eigenvalue weighted by Crippen LogP contribution is 2.21. The molecule has 1 N–H and O–H groups in total. The molecule has 1 aromatic heterocycles. The van der Waals surface area contributed by atoms with Gasteiger partial charge >= 0.3 is 5.97 Å². The molecule has 1 atom stereocenters. The third-order valence-corrected chi connectivity index (χ3v) is 2.83. The molecule has 1 rings (SSSR count). The van der Waals surface area contributed by atoms with Crippen molar-refractivity contribution in [2.24, 2.45) is 0 Å². The monoisotopic (exact) mass is 266 g/mol. The third kappa shape index (κ3) is 3.81. The molecule has 19 heavy (non-hydrogen) atoms. The fraction of sp³-hybridized carbons (Fsp3) is 0.615. The summed E-state index contributed by atoms with van der Waals surface area (Å²) in [5, 5.41) is 3.15. The van der Waals surface area contributed by atoms with Gasteiger partial charge in [-0.15, -0.1) is 0 Å². The maximum Gasteiger partial charge on any atom is 0.331 e. The Morgan fingerprint density at radius 1 is 1.53 bits per heavy atom. The standard InChI is InChI=1S/C13H22N4O2/c1-6-8-13(2,11(18)19-5)16-10-7-9-14-12(15-10)17(3)4/h7,9H,6,8H2,1-5H3,(H,14,15,16). The average molecular weight is 266 g/mol. The SMILES string of the molecule is CCCC(C)(Nc1ccnc(N(C)C)n1)C(=O)OC. The van der Waals surface area contributed by atoms with E-state index in [1.807, 2.05) is 27.9 Å². The van der Waals surface area contributed by atoms with Crippen molar-refractivity contribution < 1.29 is 9.53 Å². The molecule has 0 aliphatic carbocycles. The van der Waals surface area contributed by atoms with Crippen molar-refractivity contribution in [3.63, 3.8) is 0 Å². The Balaban J connectivity index is 2.96. The zero-order valence-corrected chi connectivity index (χ0v) is 12.2. The lowest BCUT2D eigenvalue weighted by Gasteiger charge is -2.28. The molecule has 1 heterocycles. The Morgan fingerprint density at radius 3 is 2.74 bits per heavy atom. The van der Waals surface area contributed by atoms with Crippen LogP contribution in [0.5, 0.6) is 0 Å². The van der Waals surface area contributed by atoms with Gasteiger partial charge in [-0.05, 0) is 19.4 Å². The van der Waals surface area contributed by atoms with Gasteiger partial charge in [-0.2, -0.15) is 4.98 Å². The number of carbonyl (C=O) groups is 1. The highest BCUT2D eigenvalue weighted by Gasteiger charge is 2.33. The number of hydrogen-bond donors (Lipinski definition) is 1. The van der Waals surface area contributed by atoms with E-state index >= 15 is 0 Å². The molecule has 1 unspecified atom stereocenters. The lowest BCUT2D eigenvalue weighted by molar-refractivity contribution is -0.145. The second-order valence-corrected chi connectivity index (χ2v) is 4.83. The van der Waals surface area contributed by atoms with Crippen molar-refractivity contribution in [2.45, 2.75) is 32.2 Å². The maximum atomic E-state index is 11.9. The predicted octanol–water partition coefficient (Wildman–Crippen LogP) is 1.69. The van der Waals surface area contributed by atoms with E-state index in [-0.39, 0.29) is 5.97 Å². The Labute approximate surface area is 114 Å². The van der Waals surface area contributed by atoms with Crippen molar-refractivity contribution >= 4 is 17.7 Å². The maximum absolute atomic E-state index is 11.9. The minimum absolute atomic E-state index is 0.292.